The van der Waals surface area contributed by atoms with Crippen LogP contribution in [0.2, 0.25) is 0 Å². The minimum Gasteiger partial charge on any atom is -0.494 e. The van der Waals surface area contributed by atoms with E-state index in [1.54, 1.807) is 19.5 Å². The summed E-state index contributed by atoms with van der Waals surface area (Å²) in [6, 6.07) is 9.49. The molecule has 2 aliphatic rings. The maximum absolute atomic E-state index is 13.0. The van der Waals surface area contributed by atoms with Crippen LogP contribution in [0.1, 0.15) is 50.2 Å². The number of pyridine rings is 2. The summed E-state index contributed by atoms with van der Waals surface area (Å²) in [6.45, 7) is -0.184. The number of aryl methyl sites for hydroxylation is 1. The second-order valence-electron chi connectivity index (χ2n) is 9.28. The van der Waals surface area contributed by atoms with Crippen molar-refractivity contribution in [2.75, 3.05) is 24.7 Å². The zero-order valence-electron chi connectivity index (χ0n) is 23.9. The summed E-state index contributed by atoms with van der Waals surface area (Å²) < 4.78 is 36.3. The summed E-state index contributed by atoms with van der Waals surface area (Å²) >= 11 is 0. The molecule has 38 heavy (non-hydrogen) atoms. The number of anilines is 4. The van der Waals surface area contributed by atoms with Crippen LogP contribution in [0.3, 0.4) is 0 Å². The number of rotatable bonds is 4. The number of carbonyl (C=O) groups is 1. The van der Waals surface area contributed by atoms with Crippen LogP contribution in [0.4, 0.5) is 23.0 Å². The van der Waals surface area contributed by atoms with Gasteiger partial charge in [-0.05, 0) is 49.1 Å². The minimum atomic E-state index is -2.68. The maximum Gasteiger partial charge on any atom is 0.254 e. The van der Waals surface area contributed by atoms with Gasteiger partial charge in [0.25, 0.3) is 5.91 Å². The lowest BCUT2D eigenvalue weighted by Crippen LogP contribution is -2.20. The Hall–Kier alpha value is -4.51. The number of hydrogen-bond acceptors (Lipinski definition) is 9. The van der Waals surface area contributed by atoms with Gasteiger partial charge in [-0.2, -0.15) is 5.10 Å². The molecule has 0 atom stereocenters. The summed E-state index contributed by atoms with van der Waals surface area (Å²) in [4.78, 5) is 26.6. The topological polar surface area (TPSA) is 128 Å². The van der Waals surface area contributed by atoms with Gasteiger partial charge in [0, 0.05) is 23.4 Å². The van der Waals surface area contributed by atoms with Crippen molar-refractivity contribution in [2.24, 2.45) is 0 Å². The van der Waals surface area contributed by atoms with E-state index in [-0.39, 0.29) is 18.8 Å². The number of ether oxygens (including phenoxy) is 2. The molecule has 4 aromatic rings. The molecule has 11 heteroatoms. The van der Waals surface area contributed by atoms with Gasteiger partial charge < -0.3 is 25.4 Å². The zero-order chi connectivity index (χ0) is 28.7. The normalized spacial score (nSPS) is 16.1. The number of nitrogens with one attached hydrogen (secondary N) is 3. The second-order valence-corrected chi connectivity index (χ2v) is 9.28. The first kappa shape index (κ1) is 20.5. The summed E-state index contributed by atoms with van der Waals surface area (Å²) in [5.41, 5.74) is 4.01. The van der Waals surface area contributed by atoms with Crippen LogP contribution in [0.15, 0.2) is 42.9 Å². The average Bonchev–Trinajstić information content (AvgIpc) is 3.65. The van der Waals surface area contributed by atoms with Gasteiger partial charge in [0.05, 0.1) is 54.6 Å². The number of nitrogens with zero attached hydrogens (tertiary/aromatic N) is 5. The Morgan fingerprint density at radius 2 is 2.05 bits per heavy atom. The fourth-order valence-electron chi connectivity index (χ4n) is 4.37. The molecule has 6 bridgehead atoms. The van der Waals surface area contributed by atoms with Gasteiger partial charge in [-0.1, -0.05) is 6.07 Å². The van der Waals surface area contributed by atoms with Gasteiger partial charge in [0.1, 0.15) is 18.0 Å². The van der Waals surface area contributed by atoms with Gasteiger partial charge in [-0.15, -0.1) is 0 Å². The van der Waals surface area contributed by atoms with Gasteiger partial charge in [-0.25, -0.2) is 19.6 Å². The predicted molar refractivity (Wildman–Crippen MR) is 142 cm³/mol. The molecule has 3 aromatic heterocycles. The van der Waals surface area contributed by atoms with Gasteiger partial charge in [0.15, 0.2) is 11.6 Å². The van der Waals surface area contributed by atoms with Crippen LogP contribution < -0.4 is 20.7 Å². The molecule has 1 saturated carbocycles. The number of amides is 1. The third-order valence-corrected chi connectivity index (χ3v) is 6.52. The molecular formula is C27H28N8O3. The highest BCUT2D eigenvalue weighted by Crippen LogP contribution is 2.40. The van der Waals surface area contributed by atoms with Crippen LogP contribution in [-0.4, -0.2) is 44.7 Å². The Labute approximate surface area is 223 Å². The molecule has 1 aliphatic carbocycles. The van der Waals surface area contributed by atoms with E-state index < -0.39 is 12.9 Å². The molecule has 4 heterocycles. The summed E-state index contributed by atoms with van der Waals surface area (Å²) in [7, 11) is 1.54. The van der Waals surface area contributed by atoms with Crippen molar-refractivity contribution in [3.8, 4) is 17.1 Å². The highest BCUT2D eigenvalue weighted by molar-refractivity contribution is 6.00. The van der Waals surface area contributed by atoms with E-state index in [4.69, 9.17) is 13.6 Å². The molecule has 0 saturated heterocycles. The minimum absolute atomic E-state index is 0.0257. The van der Waals surface area contributed by atoms with Gasteiger partial charge >= 0.3 is 0 Å². The fraction of sp³-hybridized carbons (Fsp3) is 0.296. The molecule has 194 valence electrons. The first-order valence-electron chi connectivity index (χ1n) is 13.7. The number of aromatic nitrogens is 5. The highest BCUT2D eigenvalue weighted by atomic mass is 16.5. The van der Waals surface area contributed by atoms with Crippen molar-refractivity contribution in [2.45, 2.75) is 39.0 Å². The monoisotopic (exact) mass is 515 g/mol. The summed E-state index contributed by atoms with van der Waals surface area (Å²) in [6.07, 6.45) is 5.16. The SMILES string of the molecule is [2H]C([2H])([2H])NC(=O)c1cnc2cc1Nc1cc(cc(-c3ncn(C4CC4)n3)c1OC)COCc1nc(ccc1C)N2. The first-order valence-corrected chi connectivity index (χ1v) is 12.2. The van der Waals surface area contributed by atoms with Crippen LogP contribution in [0, 0.1) is 6.92 Å². The second kappa shape index (κ2) is 9.75. The molecule has 3 N–H and O–H groups in total. The van der Waals surface area contributed by atoms with E-state index in [0.717, 1.165) is 29.7 Å². The van der Waals surface area contributed by atoms with Crippen LogP contribution in [-0.2, 0) is 18.0 Å². The van der Waals surface area contributed by atoms with Crippen molar-refractivity contribution < 1.29 is 18.4 Å². The Morgan fingerprint density at radius 3 is 2.87 bits per heavy atom. The Kier molecular flexibility index (Phi) is 5.27. The molecule has 11 nitrogen and oxygen atoms in total. The maximum atomic E-state index is 13.0. The van der Waals surface area contributed by atoms with Gasteiger partial charge in [0.2, 0.25) is 0 Å². The lowest BCUT2D eigenvalue weighted by molar-refractivity contribution is 0.0963. The number of methoxy groups -OCH3 is 1. The van der Waals surface area contributed by atoms with Gasteiger partial charge in [-0.3, -0.25) is 4.79 Å². The Bertz CT molecular complexity index is 1630. The highest BCUT2D eigenvalue weighted by Gasteiger charge is 2.26. The number of fused-ring (bicyclic) bond motifs is 6. The van der Waals surface area contributed by atoms with Crippen molar-refractivity contribution >= 4 is 28.9 Å². The summed E-state index contributed by atoms with van der Waals surface area (Å²) in [5, 5.41) is 13.2. The largest absolute Gasteiger partial charge is 0.494 e. The third kappa shape index (κ3) is 4.63. The molecule has 1 amide bonds. The Balaban J connectivity index is 1.49. The molecule has 1 fully saturated rings. The van der Waals surface area contributed by atoms with Crippen LogP contribution >= 0.6 is 0 Å². The van der Waals surface area contributed by atoms with E-state index in [1.165, 1.54) is 6.20 Å². The number of carbonyl (C=O) groups excluding carboxylic acids is 1. The van der Waals surface area contributed by atoms with Crippen molar-refractivity contribution in [1.82, 2.24) is 30.0 Å². The lowest BCUT2D eigenvalue weighted by atomic mass is 10.1. The average molecular weight is 516 g/mol. The zero-order valence-corrected chi connectivity index (χ0v) is 20.9. The molecule has 0 radical (unpaired) electrons. The molecule has 1 aromatic carbocycles. The van der Waals surface area contributed by atoms with E-state index in [2.05, 4.69) is 30.7 Å². The predicted octanol–water partition coefficient (Wildman–Crippen LogP) is 4.26. The van der Waals surface area contributed by atoms with Crippen LogP contribution in [0.5, 0.6) is 5.75 Å². The standard InChI is InChI=1S/C27H28N8O3/c1-15-4-7-23-32-22(15)13-38-12-16-8-18(26-30-14-35(34-26)17-5-6-17)25(37-3)21(9-16)31-20-10-24(33-23)29-11-19(20)27(36)28-2/h4,7-11,14,17,31H,5-6,12-13H2,1-3H3,(H,28,36)(H,29,32,33)/i2D3. The molecular weight excluding hydrogens is 484 g/mol. The lowest BCUT2D eigenvalue weighted by Gasteiger charge is -2.19. The molecule has 0 unspecified atom stereocenters. The van der Waals surface area contributed by atoms with Crippen molar-refractivity contribution in [1.29, 1.82) is 0 Å². The molecule has 0 spiro atoms. The van der Waals surface area contributed by atoms with E-state index in [9.17, 15) is 4.79 Å². The van der Waals surface area contributed by atoms with Crippen molar-refractivity contribution in [3.05, 3.63) is 65.2 Å². The van der Waals surface area contributed by atoms with E-state index in [1.807, 2.05) is 41.2 Å². The van der Waals surface area contributed by atoms with Crippen molar-refractivity contribution in [3.63, 3.8) is 0 Å². The Morgan fingerprint density at radius 1 is 1.16 bits per heavy atom. The van der Waals surface area contributed by atoms with E-state index in [0.29, 0.717) is 46.2 Å². The van der Waals surface area contributed by atoms with E-state index >= 15 is 0 Å². The van der Waals surface area contributed by atoms with Crippen LogP contribution in [0.25, 0.3) is 11.4 Å². The number of hydrogen-bond donors (Lipinski definition) is 3. The fourth-order valence-corrected chi connectivity index (χ4v) is 4.37. The third-order valence-electron chi connectivity index (χ3n) is 6.52. The smallest absolute Gasteiger partial charge is 0.254 e. The quantitative estimate of drug-likeness (QED) is 0.365. The first-order chi connectivity index (χ1) is 19.7. The molecule has 6 rings (SSSR count). The summed E-state index contributed by atoms with van der Waals surface area (Å²) in [5.74, 6) is 1.05. The molecule has 1 aliphatic heterocycles. The number of benzene rings is 1.